The zero-order chi connectivity index (χ0) is 16.5. The van der Waals surface area contributed by atoms with Gasteiger partial charge in [0.2, 0.25) is 5.91 Å². The maximum Gasteiger partial charge on any atom is 0.248 e. The van der Waals surface area contributed by atoms with E-state index in [-0.39, 0.29) is 0 Å². The fourth-order valence-corrected chi connectivity index (χ4v) is 2.05. The lowest BCUT2D eigenvalue weighted by molar-refractivity contribution is 0.0998. The first-order valence-corrected chi connectivity index (χ1v) is 7.67. The smallest absolute Gasteiger partial charge is 0.248 e. The lowest BCUT2D eigenvalue weighted by Crippen LogP contribution is -2.17. The molecule has 0 saturated carbocycles. The summed E-state index contributed by atoms with van der Waals surface area (Å²) in [5, 5.41) is 10.7. The van der Waals surface area contributed by atoms with Crippen LogP contribution >= 0.6 is 23.2 Å². The minimum Gasteiger partial charge on any atom is -0.393 e. The summed E-state index contributed by atoms with van der Waals surface area (Å²) in [7, 11) is 0. The zero-order valence-corrected chi connectivity index (χ0v) is 13.8. The molecular weight excluding hydrogens is 321 g/mol. The van der Waals surface area contributed by atoms with E-state index in [0.29, 0.717) is 28.5 Å². The molecule has 118 valence electrons. The van der Waals surface area contributed by atoms with Gasteiger partial charge in [-0.15, -0.1) is 0 Å². The van der Waals surface area contributed by atoms with Gasteiger partial charge >= 0.3 is 0 Å². The molecule has 3 nitrogen and oxygen atoms in total. The van der Waals surface area contributed by atoms with Crippen LogP contribution in [0.3, 0.4) is 0 Å². The van der Waals surface area contributed by atoms with Crippen molar-refractivity contribution in [2.45, 2.75) is 25.9 Å². The van der Waals surface area contributed by atoms with Gasteiger partial charge in [0.05, 0.1) is 16.1 Å². The number of aliphatic hydroxyl groups excluding tert-OH is 1. The first-order chi connectivity index (χ1) is 10.5. The van der Waals surface area contributed by atoms with Gasteiger partial charge in [0.25, 0.3) is 0 Å². The number of amides is 1. The van der Waals surface area contributed by atoms with Crippen molar-refractivity contribution in [1.82, 2.24) is 0 Å². The molecule has 0 bridgehead atoms. The molecular formula is C17H19Cl2NO2. The van der Waals surface area contributed by atoms with E-state index in [1.165, 1.54) is 0 Å². The summed E-state index contributed by atoms with van der Waals surface area (Å²) >= 11 is 11.2. The summed E-state index contributed by atoms with van der Waals surface area (Å²) in [6.07, 6.45) is 0.749. The molecule has 0 spiro atoms. The second-order valence-corrected chi connectivity index (χ2v) is 5.52. The summed E-state index contributed by atoms with van der Waals surface area (Å²) in [4.78, 5) is 11.0. The monoisotopic (exact) mass is 339 g/mol. The van der Waals surface area contributed by atoms with E-state index in [1.54, 1.807) is 24.3 Å². The first-order valence-electron chi connectivity index (χ1n) is 6.91. The Hall–Kier alpha value is -1.55. The Morgan fingerprint density at radius 2 is 1.59 bits per heavy atom. The van der Waals surface area contributed by atoms with Crippen LogP contribution in [0, 0.1) is 0 Å². The van der Waals surface area contributed by atoms with Crippen molar-refractivity contribution in [3.8, 4) is 0 Å². The quantitative estimate of drug-likeness (QED) is 0.880. The molecule has 0 aromatic heterocycles. The topological polar surface area (TPSA) is 63.3 Å². The highest BCUT2D eigenvalue weighted by molar-refractivity contribution is 6.41. The van der Waals surface area contributed by atoms with E-state index < -0.39 is 12.0 Å². The van der Waals surface area contributed by atoms with Crippen LogP contribution in [0.1, 0.15) is 29.3 Å². The standard InChI is InChI=1S/C11H15NO2.C6H4Cl2/c1-2-9(13)7-8-5-3-4-6-10(8)11(12)14;7-5-3-1-2-4-6(5)8/h3-6,9,13H,2,7H2,1H3,(H2,12,14);1-4H. The summed E-state index contributed by atoms with van der Waals surface area (Å²) < 4.78 is 0. The fourth-order valence-electron chi connectivity index (χ4n) is 1.78. The number of primary amides is 1. The molecule has 0 heterocycles. The molecule has 1 amide bonds. The highest BCUT2D eigenvalue weighted by atomic mass is 35.5. The van der Waals surface area contributed by atoms with Crippen molar-refractivity contribution >= 4 is 29.1 Å². The van der Waals surface area contributed by atoms with Crippen LogP contribution in [0.25, 0.3) is 0 Å². The summed E-state index contributed by atoms with van der Waals surface area (Å²) in [6, 6.07) is 14.3. The largest absolute Gasteiger partial charge is 0.393 e. The van der Waals surface area contributed by atoms with E-state index in [1.807, 2.05) is 31.2 Å². The number of carbonyl (C=O) groups is 1. The van der Waals surface area contributed by atoms with Gasteiger partial charge in [-0.2, -0.15) is 0 Å². The Labute approximate surface area is 140 Å². The third-order valence-electron chi connectivity index (χ3n) is 3.03. The Bertz CT molecular complexity index is 596. The van der Waals surface area contributed by atoms with Gasteiger partial charge in [-0.3, -0.25) is 4.79 Å². The second-order valence-electron chi connectivity index (χ2n) is 4.70. The van der Waals surface area contributed by atoms with E-state index in [0.717, 1.165) is 5.56 Å². The van der Waals surface area contributed by atoms with Gasteiger partial charge in [-0.25, -0.2) is 0 Å². The van der Waals surface area contributed by atoms with Crippen LogP contribution in [-0.4, -0.2) is 17.1 Å². The van der Waals surface area contributed by atoms with Crippen molar-refractivity contribution in [2.24, 2.45) is 5.73 Å². The molecule has 5 heteroatoms. The van der Waals surface area contributed by atoms with Gasteiger partial charge in [-0.1, -0.05) is 60.5 Å². The Kier molecular flexibility index (Phi) is 7.96. The number of hydrogen-bond acceptors (Lipinski definition) is 2. The summed E-state index contributed by atoms with van der Waals surface area (Å²) in [5.41, 5.74) is 6.53. The van der Waals surface area contributed by atoms with Crippen LogP contribution in [0.2, 0.25) is 10.0 Å². The van der Waals surface area contributed by atoms with Gasteiger partial charge in [0, 0.05) is 5.56 Å². The maximum atomic E-state index is 11.0. The third-order valence-corrected chi connectivity index (χ3v) is 3.79. The lowest BCUT2D eigenvalue weighted by Gasteiger charge is -2.10. The highest BCUT2D eigenvalue weighted by Gasteiger charge is 2.10. The summed E-state index contributed by atoms with van der Waals surface area (Å²) in [6.45, 7) is 1.90. The second kappa shape index (κ2) is 9.46. The van der Waals surface area contributed by atoms with Gasteiger partial charge in [0.1, 0.15) is 0 Å². The maximum absolute atomic E-state index is 11.0. The van der Waals surface area contributed by atoms with E-state index >= 15 is 0 Å². The molecule has 0 fully saturated rings. The lowest BCUT2D eigenvalue weighted by atomic mass is 10.0. The molecule has 2 aromatic rings. The van der Waals surface area contributed by atoms with Gasteiger partial charge < -0.3 is 10.8 Å². The zero-order valence-electron chi connectivity index (χ0n) is 12.3. The van der Waals surface area contributed by atoms with Crippen molar-refractivity contribution in [3.05, 3.63) is 69.7 Å². The van der Waals surface area contributed by atoms with Crippen molar-refractivity contribution in [1.29, 1.82) is 0 Å². The third kappa shape index (κ3) is 6.06. The van der Waals surface area contributed by atoms with Gasteiger partial charge in [0.15, 0.2) is 0 Å². The molecule has 2 aromatic carbocycles. The van der Waals surface area contributed by atoms with Crippen molar-refractivity contribution in [3.63, 3.8) is 0 Å². The molecule has 0 radical (unpaired) electrons. The number of benzene rings is 2. The molecule has 0 aliphatic rings. The number of halogens is 2. The van der Waals surface area contributed by atoms with Crippen molar-refractivity contribution in [2.75, 3.05) is 0 Å². The van der Waals surface area contributed by atoms with Crippen LogP contribution in [0.4, 0.5) is 0 Å². The Morgan fingerprint density at radius 3 is 2.05 bits per heavy atom. The first kappa shape index (κ1) is 18.5. The number of carbonyl (C=O) groups excluding carboxylic acids is 1. The average molecular weight is 340 g/mol. The molecule has 3 N–H and O–H groups in total. The summed E-state index contributed by atoms with van der Waals surface area (Å²) in [5.74, 6) is -0.441. The predicted molar refractivity (Wildman–Crippen MR) is 91.4 cm³/mol. The fraction of sp³-hybridized carbons (Fsp3) is 0.235. The van der Waals surface area contributed by atoms with E-state index in [2.05, 4.69) is 0 Å². The normalized spacial score (nSPS) is 11.3. The molecule has 0 saturated heterocycles. The molecule has 0 aliphatic heterocycles. The minimum absolute atomic E-state index is 0.407. The average Bonchev–Trinajstić information content (AvgIpc) is 2.51. The van der Waals surface area contributed by atoms with E-state index in [9.17, 15) is 9.90 Å². The van der Waals surface area contributed by atoms with Crippen molar-refractivity contribution < 1.29 is 9.90 Å². The molecule has 0 aliphatic carbocycles. The molecule has 22 heavy (non-hydrogen) atoms. The van der Waals surface area contributed by atoms with Crippen LogP contribution in [-0.2, 0) is 6.42 Å². The molecule has 1 atom stereocenters. The predicted octanol–water partition coefficient (Wildman–Crippen LogP) is 4.09. The molecule has 2 rings (SSSR count). The number of aliphatic hydroxyl groups is 1. The Morgan fingerprint density at radius 1 is 1.09 bits per heavy atom. The number of hydrogen-bond donors (Lipinski definition) is 2. The minimum atomic E-state index is -0.441. The van der Waals surface area contributed by atoms with E-state index in [4.69, 9.17) is 28.9 Å². The SMILES string of the molecule is CCC(O)Cc1ccccc1C(N)=O.Clc1ccccc1Cl. The van der Waals surface area contributed by atoms with Crippen LogP contribution in [0.15, 0.2) is 48.5 Å². The Balaban J connectivity index is 0.000000255. The molecule has 1 unspecified atom stereocenters. The van der Waals surface area contributed by atoms with Crippen LogP contribution in [0.5, 0.6) is 0 Å². The number of rotatable bonds is 4. The highest BCUT2D eigenvalue weighted by Crippen LogP contribution is 2.19. The number of nitrogens with two attached hydrogens (primary N) is 1. The van der Waals surface area contributed by atoms with Crippen LogP contribution < -0.4 is 5.73 Å². The van der Waals surface area contributed by atoms with Gasteiger partial charge in [-0.05, 0) is 36.6 Å².